The fraction of sp³-hybridized carbons (Fsp3) is 0.222. The van der Waals surface area contributed by atoms with Crippen LogP contribution in [0.25, 0.3) is 0 Å². The van der Waals surface area contributed by atoms with Crippen molar-refractivity contribution >= 4 is 49.4 Å². The van der Waals surface area contributed by atoms with E-state index in [0.29, 0.717) is 17.2 Å². The van der Waals surface area contributed by atoms with Gasteiger partial charge < -0.3 is 19.7 Å². The van der Waals surface area contributed by atoms with Gasteiger partial charge in [0, 0.05) is 11.5 Å². The van der Waals surface area contributed by atoms with Crippen molar-refractivity contribution in [3.8, 4) is 11.5 Å². The summed E-state index contributed by atoms with van der Waals surface area (Å²) in [6.45, 7) is -0.0323. The van der Waals surface area contributed by atoms with Crippen LogP contribution < -0.4 is 19.7 Å². The third-order valence-corrected chi connectivity index (χ3v) is 4.97. The van der Waals surface area contributed by atoms with Crippen LogP contribution in [0.15, 0.2) is 51.4 Å². The normalized spacial score (nSPS) is 15.7. The zero-order valence-electron chi connectivity index (χ0n) is 13.9. The maximum absolute atomic E-state index is 12.8. The monoisotopic (exact) mass is 482 g/mol. The molecular formula is C18H16Br2N2O4. The minimum Gasteiger partial charge on any atom is -0.483 e. The first-order valence-electron chi connectivity index (χ1n) is 7.85. The highest BCUT2D eigenvalue weighted by atomic mass is 79.9. The Morgan fingerprint density at radius 3 is 2.77 bits per heavy atom. The molecule has 0 saturated carbocycles. The summed E-state index contributed by atoms with van der Waals surface area (Å²) in [4.78, 5) is 26.3. The van der Waals surface area contributed by atoms with Gasteiger partial charge in [0.15, 0.2) is 12.7 Å². The van der Waals surface area contributed by atoms with E-state index in [9.17, 15) is 9.59 Å². The van der Waals surface area contributed by atoms with Gasteiger partial charge in [-0.15, -0.1) is 0 Å². The topological polar surface area (TPSA) is 67.9 Å². The average molecular weight is 484 g/mol. The van der Waals surface area contributed by atoms with E-state index in [-0.39, 0.29) is 25.0 Å². The fourth-order valence-electron chi connectivity index (χ4n) is 2.58. The molecule has 2 aromatic rings. The molecular weight excluding hydrogens is 468 g/mol. The van der Waals surface area contributed by atoms with E-state index in [1.54, 1.807) is 24.3 Å². The Balaban J connectivity index is 1.77. The number of hydrogen-bond donors (Lipinski definition) is 1. The minimum absolute atomic E-state index is 0.125. The van der Waals surface area contributed by atoms with E-state index in [0.717, 1.165) is 8.95 Å². The van der Waals surface area contributed by atoms with Gasteiger partial charge in [-0.05, 0) is 46.3 Å². The molecule has 0 aliphatic carbocycles. The predicted octanol–water partition coefficient (Wildman–Crippen LogP) is 3.13. The molecule has 2 amide bonds. The molecule has 2 aromatic carbocycles. The molecule has 6 nitrogen and oxygen atoms in total. The summed E-state index contributed by atoms with van der Waals surface area (Å²) >= 11 is 6.78. The number of rotatable bonds is 4. The van der Waals surface area contributed by atoms with Crippen molar-refractivity contribution in [2.24, 2.45) is 0 Å². The number of benzene rings is 2. The van der Waals surface area contributed by atoms with E-state index in [4.69, 9.17) is 9.47 Å². The number of carbonyl (C=O) groups excluding carboxylic acids is 2. The number of anilines is 1. The van der Waals surface area contributed by atoms with Crippen molar-refractivity contribution < 1.29 is 19.1 Å². The Kier molecular flexibility index (Phi) is 5.83. The molecule has 1 unspecified atom stereocenters. The van der Waals surface area contributed by atoms with Crippen LogP contribution in [0.4, 0.5) is 5.69 Å². The van der Waals surface area contributed by atoms with Crippen molar-refractivity contribution in [1.29, 1.82) is 0 Å². The quantitative estimate of drug-likeness (QED) is 0.725. The number of carbonyl (C=O) groups is 2. The molecule has 1 aliphatic heterocycles. The highest BCUT2D eigenvalue weighted by molar-refractivity contribution is 9.11. The molecule has 0 spiro atoms. The van der Waals surface area contributed by atoms with E-state index in [1.807, 2.05) is 18.2 Å². The number of likely N-dealkylation sites (N-methyl/N-ethyl adjacent to an activating group) is 1. The maximum atomic E-state index is 12.8. The summed E-state index contributed by atoms with van der Waals surface area (Å²) in [7, 11) is 1.53. The summed E-state index contributed by atoms with van der Waals surface area (Å²) < 4.78 is 13.0. The first-order chi connectivity index (χ1) is 12.5. The molecule has 0 fully saturated rings. The molecule has 8 heteroatoms. The molecule has 1 N–H and O–H groups in total. The first-order valence-corrected chi connectivity index (χ1v) is 9.43. The summed E-state index contributed by atoms with van der Waals surface area (Å²) in [5, 5.41) is 2.55. The summed E-state index contributed by atoms with van der Waals surface area (Å²) in [5.74, 6) is 0.509. The molecule has 0 radical (unpaired) electrons. The number of nitrogens with zero attached hydrogens (tertiary/aromatic N) is 1. The van der Waals surface area contributed by atoms with Crippen LogP contribution in [0.5, 0.6) is 11.5 Å². The number of fused-ring (bicyclic) bond motifs is 1. The maximum Gasteiger partial charge on any atom is 0.265 e. The number of ether oxygens (including phenoxy) is 2. The van der Waals surface area contributed by atoms with Crippen molar-refractivity contribution in [2.45, 2.75) is 6.10 Å². The standard InChI is InChI=1S/C18H16Br2N2O4/c1-21-18(24)16-9-22(13-4-2-3-5-15(13)26-16)17(23)10-25-14-7-6-11(19)8-12(14)20/h2-8,16H,9-10H2,1H3,(H,21,24). The Morgan fingerprint density at radius 1 is 1.27 bits per heavy atom. The number of halogens is 2. The number of amides is 2. The van der Waals surface area contributed by atoms with Gasteiger partial charge in [0.05, 0.1) is 16.7 Å². The van der Waals surface area contributed by atoms with Gasteiger partial charge in [-0.3, -0.25) is 9.59 Å². The molecule has 1 atom stereocenters. The van der Waals surface area contributed by atoms with Crippen molar-refractivity contribution in [3.05, 3.63) is 51.4 Å². The molecule has 1 heterocycles. The predicted molar refractivity (Wildman–Crippen MR) is 105 cm³/mol. The molecule has 136 valence electrons. The zero-order valence-corrected chi connectivity index (χ0v) is 17.0. The van der Waals surface area contributed by atoms with Crippen LogP contribution in [0.2, 0.25) is 0 Å². The lowest BCUT2D eigenvalue weighted by molar-refractivity contribution is -0.128. The van der Waals surface area contributed by atoms with Gasteiger partial charge in [-0.1, -0.05) is 28.1 Å². The van der Waals surface area contributed by atoms with Gasteiger partial charge >= 0.3 is 0 Å². The van der Waals surface area contributed by atoms with Crippen LogP contribution in [0.1, 0.15) is 0 Å². The highest BCUT2D eigenvalue weighted by Gasteiger charge is 2.33. The molecule has 26 heavy (non-hydrogen) atoms. The Hall–Kier alpha value is -2.06. The van der Waals surface area contributed by atoms with Crippen molar-refractivity contribution in [3.63, 3.8) is 0 Å². The van der Waals surface area contributed by atoms with Crippen LogP contribution in [0, 0.1) is 0 Å². The summed E-state index contributed by atoms with van der Waals surface area (Å²) in [6.07, 6.45) is -0.765. The van der Waals surface area contributed by atoms with Crippen LogP contribution in [-0.4, -0.2) is 38.1 Å². The van der Waals surface area contributed by atoms with Crippen molar-refractivity contribution in [1.82, 2.24) is 5.32 Å². The molecule has 0 aromatic heterocycles. The fourth-order valence-corrected chi connectivity index (χ4v) is 3.74. The minimum atomic E-state index is -0.765. The van der Waals surface area contributed by atoms with E-state index in [1.165, 1.54) is 11.9 Å². The van der Waals surface area contributed by atoms with E-state index in [2.05, 4.69) is 37.2 Å². The summed E-state index contributed by atoms with van der Waals surface area (Å²) in [6, 6.07) is 12.6. The van der Waals surface area contributed by atoms with Gasteiger partial charge in [-0.25, -0.2) is 0 Å². The van der Waals surface area contributed by atoms with Gasteiger partial charge in [0.2, 0.25) is 0 Å². The molecule has 1 aliphatic rings. The zero-order chi connectivity index (χ0) is 18.7. The number of para-hydroxylation sites is 2. The lowest BCUT2D eigenvalue weighted by Gasteiger charge is -2.33. The Morgan fingerprint density at radius 2 is 2.04 bits per heavy atom. The number of nitrogens with one attached hydrogen (secondary N) is 1. The van der Waals surface area contributed by atoms with Gasteiger partial charge in [0.1, 0.15) is 11.5 Å². The van der Waals surface area contributed by atoms with Crippen LogP contribution in [-0.2, 0) is 9.59 Å². The Bertz CT molecular complexity index is 844. The largest absolute Gasteiger partial charge is 0.483 e. The second-order valence-electron chi connectivity index (χ2n) is 5.56. The first kappa shape index (κ1) is 18.7. The van der Waals surface area contributed by atoms with Gasteiger partial charge in [0.25, 0.3) is 11.8 Å². The second-order valence-corrected chi connectivity index (χ2v) is 7.33. The Labute approximate surface area is 167 Å². The van der Waals surface area contributed by atoms with Crippen LogP contribution >= 0.6 is 31.9 Å². The lowest BCUT2D eigenvalue weighted by atomic mass is 10.1. The van der Waals surface area contributed by atoms with Gasteiger partial charge in [-0.2, -0.15) is 0 Å². The molecule has 3 rings (SSSR count). The highest BCUT2D eigenvalue weighted by Crippen LogP contribution is 2.33. The van der Waals surface area contributed by atoms with Crippen molar-refractivity contribution in [2.75, 3.05) is 25.1 Å². The SMILES string of the molecule is CNC(=O)C1CN(C(=O)COc2ccc(Br)cc2Br)c2ccccc2O1. The third-order valence-electron chi connectivity index (χ3n) is 3.86. The average Bonchev–Trinajstić information content (AvgIpc) is 2.65. The summed E-state index contributed by atoms with van der Waals surface area (Å²) in [5.41, 5.74) is 0.621. The van der Waals surface area contributed by atoms with Crippen LogP contribution in [0.3, 0.4) is 0 Å². The molecule has 0 saturated heterocycles. The van der Waals surface area contributed by atoms with E-state index >= 15 is 0 Å². The number of hydrogen-bond acceptors (Lipinski definition) is 4. The second kappa shape index (κ2) is 8.09. The molecule has 0 bridgehead atoms. The lowest BCUT2D eigenvalue weighted by Crippen LogP contribution is -2.51. The smallest absolute Gasteiger partial charge is 0.265 e. The van der Waals surface area contributed by atoms with E-state index < -0.39 is 6.10 Å². The third kappa shape index (κ3) is 4.02.